The summed E-state index contributed by atoms with van der Waals surface area (Å²) in [5.41, 5.74) is 0.993. The molecule has 1 aromatic heterocycles. The predicted molar refractivity (Wildman–Crippen MR) is 66.3 cm³/mol. The van der Waals surface area contributed by atoms with E-state index in [0.29, 0.717) is 16.8 Å². The monoisotopic (exact) mass is 298 g/mol. The molecule has 2 rings (SSSR count). The van der Waals surface area contributed by atoms with Crippen LogP contribution in [0.1, 0.15) is 12.5 Å². The minimum atomic E-state index is -0.295. The molecule has 0 saturated heterocycles. The first-order chi connectivity index (χ1) is 8.19. The van der Waals surface area contributed by atoms with Crippen LogP contribution < -0.4 is 4.74 Å². The third kappa shape index (κ3) is 3.06. The van der Waals surface area contributed by atoms with E-state index in [-0.39, 0.29) is 5.82 Å². The van der Waals surface area contributed by atoms with E-state index in [2.05, 4.69) is 21.0 Å². The number of hydrogen-bond donors (Lipinski definition) is 0. The minimum absolute atomic E-state index is 0.295. The van der Waals surface area contributed by atoms with Crippen molar-refractivity contribution in [3.05, 3.63) is 46.4 Å². The Labute approximate surface area is 107 Å². The lowest BCUT2D eigenvalue weighted by Gasteiger charge is -2.05. The zero-order chi connectivity index (χ0) is 12.3. The molecular weight excluding hydrogens is 287 g/mol. The van der Waals surface area contributed by atoms with Gasteiger partial charge in [-0.05, 0) is 41.1 Å². The van der Waals surface area contributed by atoms with E-state index in [1.807, 2.05) is 17.8 Å². The summed E-state index contributed by atoms with van der Waals surface area (Å²) in [7, 11) is 0. The summed E-state index contributed by atoms with van der Waals surface area (Å²) in [5.74, 6) is 0.332. The zero-order valence-electron chi connectivity index (χ0n) is 9.36. The molecule has 1 heterocycles. The first-order valence-corrected chi connectivity index (χ1v) is 6.07. The third-order valence-electron chi connectivity index (χ3n) is 2.31. The maximum absolute atomic E-state index is 13.0. The van der Waals surface area contributed by atoms with Crippen LogP contribution in [0.25, 0.3) is 0 Å². The Kier molecular flexibility index (Phi) is 3.78. The van der Waals surface area contributed by atoms with Crippen LogP contribution in [0.15, 0.2) is 35.1 Å². The largest absolute Gasteiger partial charge is 0.489 e. The lowest BCUT2D eigenvalue weighted by molar-refractivity contribution is 0.305. The molecule has 0 radical (unpaired) electrons. The summed E-state index contributed by atoms with van der Waals surface area (Å²) in [6.07, 6.45) is 3.70. The van der Waals surface area contributed by atoms with Gasteiger partial charge in [-0.15, -0.1) is 0 Å². The number of aryl methyl sites for hydroxylation is 1. The van der Waals surface area contributed by atoms with Gasteiger partial charge in [0.05, 0.1) is 10.7 Å². The maximum atomic E-state index is 13.0. The van der Waals surface area contributed by atoms with Crippen molar-refractivity contribution < 1.29 is 9.13 Å². The molecule has 0 saturated carbocycles. The van der Waals surface area contributed by atoms with Crippen molar-refractivity contribution in [1.82, 2.24) is 9.78 Å². The van der Waals surface area contributed by atoms with Crippen molar-refractivity contribution in [3.63, 3.8) is 0 Å². The van der Waals surface area contributed by atoms with Crippen molar-refractivity contribution in [2.24, 2.45) is 0 Å². The highest BCUT2D eigenvalue weighted by atomic mass is 79.9. The summed E-state index contributed by atoms with van der Waals surface area (Å²) in [6, 6.07) is 4.58. The predicted octanol–water partition coefficient (Wildman–Crippen LogP) is 3.38. The summed E-state index contributed by atoms with van der Waals surface area (Å²) < 4.78 is 20.8. The van der Waals surface area contributed by atoms with Gasteiger partial charge >= 0.3 is 0 Å². The molecule has 1 aromatic carbocycles. The number of hydrogen-bond acceptors (Lipinski definition) is 2. The van der Waals surface area contributed by atoms with E-state index in [1.165, 1.54) is 6.07 Å². The molecule has 0 aliphatic rings. The second kappa shape index (κ2) is 5.31. The van der Waals surface area contributed by atoms with Crippen molar-refractivity contribution in [1.29, 1.82) is 0 Å². The van der Waals surface area contributed by atoms with E-state index < -0.39 is 0 Å². The molecule has 0 spiro atoms. The standard InChI is InChI=1S/C12H12BrFN2O/c1-2-16-7-9(6-15-16)8-17-10-3-4-12(14)11(13)5-10/h3-7H,2,8H2,1H3. The quantitative estimate of drug-likeness (QED) is 0.865. The molecule has 0 atom stereocenters. The van der Waals surface area contributed by atoms with Gasteiger partial charge in [-0.3, -0.25) is 4.68 Å². The number of ether oxygens (including phenoxy) is 1. The Balaban J connectivity index is 1.99. The fourth-order valence-electron chi connectivity index (χ4n) is 1.39. The second-order valence-electron chi connectivity index (χ2n) is 3.57. The summed E-state index contributed by atoms with van der Waals surface area (Å²) in [6.45, 7) is 3.29. The lowest BCUT2D eigenvalue weighted by Crippen LogP contribution is -1.95. The molecule has 5 heteroatoms. The Hall–Kier alpha value is -1.36. The number of rotatable bonds is 4. The van der Waals surface area contributed by atoms with Crippen LogP contribution in [-0.2, 0) is 13.2 Å². The van der Waals surface area contributed by atoms with Crippen LogP contribution in [0.5, 0.6) is 5.75 Å². The van der Waals surface area contributed by atoms with Crippen molar-refractivity contribution in [2.75, 3.05) is 0 Å². The van der Waals surface area contributed by atoms with Crippen LogP contribution in [0.4, 0.5) is 4.39 Å². The average molecular weight is 299 g/mol. The fourth-order valence-corrected chi connectivity index (χ4v) is 1.74. The summed E-state index contributed by atoms with van der Waals surface area (Å²) >= 11 is 3.12. The van der Waals surface area contributed by atoms with Crippen LogP contribution >= 0.6 is 15.9 Å². The number of benzene rings is 1. The molecule has 0 N–H and O–H groups in total. The molecule has 3 nitrogen and oxygen atoms in total. The van der Waals surface area contributed by atoms with Gasteiger partial charge in [-0.2, -0.15) is 5.10 Å². The van der Waals surface area contributed by atoms with Crippen LogP contribution in [-0.4, -0.2) is 9.78 Å². The highest BCUT2D eigenvalue weighted by molar-refractivity contribution is 9.10. The van der Waals surface area contributed by atoms with Gasteiger partial charge in [0.2, 0.25) is 0 Å². The molecular formula is C12H12BrFN2O. The van der Waals surface area contributed by atoms with Gasteiger partial charge in [-0.1, -0.05) is 0 Å². The number of nitrogens with zero attached hydrogens (tertiary/aromatic N) is 2. The summed E-state index contributed by atoms with van der Waals surface area (Å²) in [5, 5.41) is 4.15. The highest BCUT2D eigenvalue weighted by Gasteiger charge is 2.02. The van der Waals surface area contributed by atoms with Gasteiger partial charge < -0.3 is 4.74 Å². The van der Waals surface area contributed by atoms with Crippen LogP contribution in [0, 0.1) is 5.82 Å². The first-order valence-electron chi connectivity index (χ1n) is 5.28. The van der Waals surface area contributed by atoms with E-state index in [4.69, 9.17) is 4.74 Å². The van der Waals surface area contributed by atoms with E-state index >= 15 is 0 Å². The van der Waals surface area contributed by atoms with Gasteiger partial charge in [0.25, 0.3) is 0 Å². The molecule has 0 fully saturated rings. The van der Waals surface area contributed by atoms with E-state index in [0.717, 1.165) is 12.1 Å². The smallest absolute Gasteiger partial charge is 0.137 e. The second-order valence-corrected chi connectivity index (χ2v) is 4.42. The number of aromatic nitrogens is 2. The lowest BCUT2D eigenvalue weighted by atomic mass is 10.3. The Morgan fingerprint density at radius 3 is 2.94 bits per heavy atom. The number of halogens is 2. The van der Waals surface area contributed by atoms with Crippen molar-refractivity contribution >= 4 is 15.9 Å². The molecule has 0 aliphatic carbocycles. The molecule has 17 heavy (non-hydrogen) atoms. The Morgan fingerprint density at radius 2 is 2.29 bits per heavy atom. The minimum Gasteiger partial charge on any atom is -0.489 e. The van der Waals surface area contributed by atoms with Gasteiger partial charge in [0.1, 0.15) is 18.2 Å². The Bertz CT molecular complexity index is 513. The van der Waals surface area contributed by atoms with Crippen LogP contribution in [0.2, 0.25) is 0 Å². The average Bonchev–Trinajstić information content (AvgIpc) is 2.79. The topological polar surface area (TPSA) is 27.1 Å². The molecule has 2 aromatic rings. The van der Waals surface area contributed by atoms with Gasteiger partial charge in [0, 0.05) is 18.3 Å². The van der Waals surface area contributed by atoms with Gasteiger partial charge in [0.15, 0.2) is 0 Å². The zero-order valence-corrected chi connectivity index (χ0v) is 10.9. The molecule has 0 unspecified atom stereocenters. The molecule has 90 valence electrons. The first kappa shape index (κ1) is 12.1. The van der Waals surface area contributed by atoms with Gasteiger partial charge in [-0.25, -0.2) is 4.39 Å². The highest BCUT2D eigenvalue weighted by Crippen LogP contribution is 2.22. The normalized spacial score (nSPS) is 10.5. The summed E-state index contributed by atoms with van der Waals surface area (Å²) in [4.78, 5) is 0. The molecule has 0 amide bonds. The Morgan fingerprint density at radius 1 is 1.47 bits per heavy atom. The SMILES string of the molecule is CCn1cc(COc2ccc(F)c(Br)c2)cn1. The fraction of sp³-hybridized carbons (Fsp3) is 0.250. The third-order valence-corrected chi connectivity index (χ3v) is 2.91. The van der Waals surface area contributed by atoms with E-state index in [1.54, 1.807) is 18.3 Å². The molecule has 0 aliphatic heterocycles. The molecule has 0 bridgehead atoms. The van der Waals surface area contributed by atoms with Crippen molar-refractivity contribution in [3.8, 4) is 5.75 Å². The maximum Gasteiger partial charge on any atom is 0.137 e. The van der Waals surface area contributed by atoms with Crippen LogP contribution in [0.3, 0.4) is 0 Å². The van der Waals surface area contributed by atoms with E-state index in [9.17, 15) is 4.39 Å². The van der Waals surface area contributed by atoms with Crippen molar-refractivity contribution in [2.45, 2.75) is 20.1 Å².